The lowest BCUT2D eigenvalue weighted by molar-refractivity contribution is 0.350. The van der Waals surface area contributed by atoms with Crippen molar-refractivity contribution in [3.8, 4) is 0 Å². The summed E-state index contributed by atoms with van der Waals surface area (Å²) in [6, 6.07) is 6.72. The van der Waals surface area contributed by atoms with Gasteiger partial charge in [0.2, 0.25) is 10.0 Å². The molecule has 0 spiro atoms. The molecule has 0 atom stereocenters. The van der Waals surface area contributed by atoms with Crippen molar-refractivity contribution < 1.29 is 8.42 Å². The largest absolute Gasteiger partial charge is 0.326 e. The summed E-state index contributed by atoms with van der Waals surface area (Å²) in [5, 5.41) is 0. The molecule has 1 aromatic rings. The monoisotopic (exact) mass is 270 g/mol. The molecule has 0 amide bonds. The average Bonchev–Trinajstić information content (AvgIpc) is 2.37. The highest BCUT2D eigenvalue weighted by atomic mass is 32.2. The lowest BCUT2D eigenvalue weighted by atomic mass is 9.91. The van der Waals surface area contributed by atoms with Gasteiger partial charge in [-0.25, -0.2) is 13.1 Å². The van der Waals surface area contributed by atoms with E-state index in [4.69, 9.17) is 5.73 Å². The van der Waals surface area contributed by atoms with E-state index in [1.807, 2.05) is 26.8 Å². The van der Waals surface area contributed by atoms with Crippen LogP contribution in [0.3, 0.4) is 0 Å². The fourth-order valence-corrected chi connectivity index (χ4v) is 2.65. The van der Waals surface area contributed by atoms with Crippen LogP contribution in [0.5, 0.6) is 0 Å². The Labute approximate surface area is 110 Å². The van der Waals surface area contributed by atoms with E-state index in [0.717, 1.165) is 12.0 Å². The summed E-state index contributed by atoms with van der Waals surface area (Å²) in [4.78, 5) is 0.275. The van der Waals surface area contributed by atoms with Crippen LogP contribution in [0.2, 0.25) is 0 Å². The van der Waals surface area contributed by atoms with Gasteiger partial charge >= 0.3 is 0 Å². The third kappa shape index (κ3) is 4.08. The zero-order chi connectivity index (χ0) is 13.8. The molecule has 0 unspecified atom stereocenters. The molecule has 3 N–H and O–H groups in total. The molecule has 0 aromatic heterocycles. The van der Waals surface area contributed by atoms with Crippen molar-refractivity contribution in [2.75, 3.05) is 6.54 Å². The molecule has 0 radical (unpaired) electrons. The molecule has 4 nitrogen and oxygen atoms in total. The van der Waals surface area contributed by atoms with Gasteiger partial charge in [0.15, 0.2) is 0 Å². The molecule has 18 heavy (non-hydrogen) atoms. The van der Waals surface area contributed by atoms with E-state index in [0.29, 0.717) is 13.1 Å². The molecule has 0 aliphatic rings. The van der Waals surface area contributed by atoms with E-state index in [9.17, 15) is 8.42 Å². The number of sulfonamides is 1. The zero-order valence-electron chi connectivity index (χ0n) is 11.2. The minimum absolute atomic E-state index is 0.0431. The number of nitrogens with one attached hydrogen (secondary N) is 1. The molecule has 0 saturated heterocycles. The van der Waals surface area contributed by atoms with Crippen LogP contribution in [0.25, 0.3) is 0 Å². The van der Waals surface area contributed by atoms with E-state index in [-0.39, 0.29) is 10.3 Å². The van der Waals surface area contributed by atoms with E-state index >= 15 is 0 Å². The van der Waals surface area contributed by atoms with Crippen LogP contribution in [-0.4, -0.2) is 15.0 Å². The van der Waals surface area contributed by atoms with Crippen LogP contribution in [0.15, 0.2) is 29.2 Å². The van der Waals surface area contributed by atoms with Gasteiger partial charge in [0.25, 0.3) is 0 Å². The smallest absolute Gasteiger partial charge is 0.240 e. The Morgan fingerprint density at radius 3 is 2.56 bits per heavy atom. The van der Waals surface area contributed by atoms with E-state index in [2.05, 4.69) is 4.72 Å². The van der Waals surface area contributed by atoms with Crippen LogP contribution >= 0.6 is 0 Å². The summed E-state index contributed by atoms with van der Waals surface area (Å²) < 4.78 is 26.9. The molecule has 0 heterocycles. The first-order valence-corrected chi connectivity index (χ1v) is 7.58. The van der Waals surface area contributed by atoms with Crippen molar-refractivity contribution in [3.05, 3.63) is 29.8 Å². The fourth-order valence-electron chi connectivity index (χ4n) is 1.34. The van der Waals surface area contributed by atoms with Crippen LogP contribution in [-0.2, 0) is 16.6 Å². The highest BCUT2D eigenvalue weighted by molar-refractivity contribution is 7.89. The Balaban J connectivity index is 2.86. The lowest BCUT2D eigenvalue weighted by Gasteiger charge is -2.22. The van der Waals surface area contributed by atoms with Crippen LogP contribution < -0.4 is 10.5 Å². The van der Waals surface area contributed by atoms with Crippen molar-refractivity contribution in [2.45, 2.75) is 38.6 Å². The van der Waals surface area contributed by atoms with Crippen LogP contribution in [0, 0.1) is 5.41 Å². The molecule has 102 valence electrons. The van der Waals surface area contributed by atoms with Gasteiger partial charge in [-0.05, 0) is 29.5 Å². The Bertz CT molecular complexity index is 495. The van der Waals surface area contributed by atoms with Crippen molar-refractivity contribution in [3.63, 3.8) is 0 Å². The van der Waals surface area contributed by atoms with Gasteiger partial charge in [0, 0.05) is 13.1 Å². The molecule has 0 saturated carbocycles. The molecule has 1 aromatic carbocycles. The fraction of sp³-hybridized carbons (Fsp3) is 0.538. The molecule has 0 aliphatic carbocycles. The zero-order valence-corrected chi connectivity index (χ0v) is 12.0. The van der Waals surface area contributed by atoms with Crippen LogP contribution in [0.4, 0.5) is 0 Å². The van der Waals surface area contributed by atoms with Crippen molar-refractivity contribution in [1.82, 2.24) is 4.72 Å². The Morgan fingerprint density at radius 2 is 2.00 bits per heavy atom. The molecule has 0 aliphatic heterocycles. The van der Waals surface area contributed by atoms with Gasteiger partial charge in [0.1, 0.15) is 0 Å². The van der Waals surface area contributed by atoms with Gasteiger partial charge < -0.3 is 5.73 Å². The summed E-state index contributed by atoms with van der Waals surface area (Å²) in [5.41, 5.74) is 6.28. The number of hydrogen-bond donors (Lipinski definition) is 2. The first-order chi connectivity index (χ1) is 8.30. The average molecular weight is 270 g/mol. The minimum Gasteiger partial charge on any atom is -0.326 e. The van der Waals surface area contributed by atoms with Gasteiger partial charge in [-0.3, -0.25) is 0 Å². The molecule has 0 fully saturated rings. The van der Waals surface area contributed by atoms with Gasteiger partial charge in [-0.1, -0.05) is 32.9 Å². The van der Waals surface area contributed by atoms with Gasteiger partial charge in [-0.2, -0.15) is 0 Å². The standard InChI is InChI=1S/C13H22N2O2S/c1-4-13(2,3)10-15-18(16,17)12-7-5-6-11(8-12)9-14/h5-8,15H,4,9-10,14H2,1-3H3. The summed E-state index contributed by atoms with van der Waals surface area (Å²) >= 11 is 0. The second-order valence-electron chi connectivity index (χ2n) is 5.19. The highest BCUT2D eigenvalue weighted by Gasteiger charge is 2.20. The van der Waals surface area contributed by atoms with Crippen LogP contribution in [0.1, 0.15) is 32.8 Å². The molecule has 0 bridgehead atoms. The number of hydrogen-bond acceptors (Lipinski definition) is 3. The summed E-state index contributed by atoms with van der Waals surface area (Å²) in [6.45, 7) is 6.88. The Morgan fingerprint density at radius 1 is 1.33 bits per heavy atom. The highest BCUT2D eigenvalue weighted by Crippen LogP contribution is 2.19. The predicted molar refractivity (Wildman–Crippen MR) is 73.6 cm³/mol. The molecular formula is C13H22N2O2S. The summed E-state index contributed by atoms with van der Waals surface area (Å²) in [5.74, 6) is 0. The van der Waals surface area contributed by atoms with Crippen molar-refractivity contribution >= 4 is 10.0 Å². The third-order valence-corrected chi connectivity index (χ3v) is 4.54. The first kappa shape index (κ1) is 15.1. The maximum Gasteiger partial charge on any atom is 0.240 e. The molecule has 1 rings (SSSR count). The lowest BCUT2D eigenvalue weighted by Crippen LogP contribution is -2.33. The second-order valence-corrected chi connectivity index (χ2v) is 6.96. The second kappa shape index (κ2) is 5.82. The van der Waals surface area contributed by atoms with Crippen molar-refractivity contribution in [2.24, 2.45) is 11.1 Å². The summed E-state index contributed by atoms with van der Waals surface area (Å²) in [7, 11) is -3.44. The predicted octanol–water partition coefficient (Wildman–Crippen LogP) is 1.86. The third-order valence-electron chi connectivity index (χ3n) is 3.14. The maximum absolute atomic E-state index is 12.1. The normalized spacial score (nSPS) is 12.7. The topological polar surface area (TPSA) is 72.2 Å². The van der Waals surface area contributed by atoms with Gasteiger partial charge in [-0.15, -0.1) is 0 Å². The van der Waals surface area contributed by atoms with E-state index in [1.165, 1.54) is 0 Å². The number of benzene rings is 1. The molecular weight excluding hydrogens is 248 g/mol. The quantitative estimate of drug-likeness (QED) is 0.828. The molecule has 5 heteroatoms. The Hall–Kier alpha value is -0.910. The Kier molecular flexibility index (Phi) is 4.90. The minimum atomic E-state index is -3.44. The SMILES string of the molecule is CCC(C)(C)CNS(=O)(=O)c1cccc(CN)c1. The van der Waals surface area contributed by atoms with Crippen molar-refractivity contribution in [1.29, 1.82) is 0 Å². The maximum atomic E-state index is 12.1. The van der Waals surface area contributed by atoms with E-state index in [1.54, 1.807) is 18.2 Å². The number of rotatable bonds is 6. The summed E-state index contributed by atoms with van der Waals surface area (Å²) in [6.07, 6.45) is 0.915. The number of nitrogens with two attached hydrogens (primary N) is 1. The van der Waals surface area contributed by atoms with Gasteiger partial charge in [0.05, 0.1) is 4.90 Å². The van der Waals surface area contributed by atoms with E-state index < -0.39 is 10.0 Å². The first-order valence-electron chi connectivity index (χ1n) is 6.09.